The smallest absolute Gasteiger partial charge is 0.251 e. The molecule has 1 heterocycles. The topological polar surface area (TPSA) is 110 Å². The molecule has 0 bridgehead atoms. The van der Waals surface area contributed by atoms with Gasteiger partial charge in [-0.15, -0.1) is 0 Å². The van der Waals surface area contributed by atoms with Crippen LogP contribution in [-0.4, -0.2) is 27.8 Å². The van der Waals surface area contributed by atoms with Gasteiger partial charge in [0.2, 0.25) is 11.9 Å². The van der Waals surface area contributed by atoms with E-state index in [9.17, 15) is 9.59 Å². The number of rotatable bonds is 6. The lowest BCUT2D eigenvalue weighted by Gasteiger charge is -2.11. The summed E-state index contributed by atoms with van der Waals surface area (Å²) < 4.78 is 0. The number of nitrogens with zero attached hydrogens (tertiary/aromatic N) is 2. The Morgan fingerprint density at radius 3 is 2.52 bits per heavy atom. The molecule has 7 heteroatoms. The molecule has 0 unspecified atom stereocenters. The number of benzene rings is 2. The second-order valence-electron chi connectivity index (χ2n) is 7.06. The summed E-state index contributed by atoms with van der Waals surface area (Å²) in [7, 11) is 0. The maximum Gasteiger partial charge on any atom is 0.251 e. The van der Waals surface area contributed by atoms with Crippen LogP contribution in [0.25, 0.3) is 11.3 Å². The highest BCUT2D eigenvalue weighted by atomic mass is 16.2. The number of primary amides is 1. The van der Waals surface area contributed by atoms with E-state index in [1.807, 2.05) is 25.1 Å². The summed E-state index contributed by atoms with van der Waals surface area (Å²) in [6.07, 6.45) is 3.76. The zero-order valence-electron chi connectivity index (χ0n) is 16.0. The monoisotopic (exact) mass is 387 g/mol. The molecule has 1 saturated carbocycles. The molecular formula is C22H21N5O2. The number of nitrogens with two attached hydrogens (primary N) is 1. The predicted octanol–water partition coefficient (Wildman–Crippen LogP) is 3.19. The lowest BCUT2D eigenvalue weighted by Crippen LogP contribution is -2.25. The van der Waals surface area contributed by atoms with E-state index in [0.29, 0.717) is 28.8 Å². The summed E-state index contributed by atoms with van der Waals surface area (Å²) in [6.45, 7) is 1.84. The van der Waals surface area contributed by atoms with Crippen molar-refractivity contribution in [2.24, 2.45) is 5.73 Å². The van der Waals surface area contributed by atoms with Crippen molar-refractivity contribution in [3.63, 3.8) is 0 Å². The summed E-state index contributed by atoms with van der Waals surface area (Å²) in [4.78, 5) is 32.5. The van der Waals surface area contributed by atoms with Crippen LogP contribution in [0, 0.1) is 6.92 Å². The quantitative estimate of drug-likeness (QED) is 0.602. The molecule has 0 spiro atoms. The average Bonchev–Trinajstić information content (AvgIpc) is 3.52. The fraction of sp³-hybridized carbons (Fsp3) is 0.182. The van der Waals surface area contributed by atoms with Gasteiger partial charge >= 0.3 is 0 Å². The molecule has 1 aliphatic rings. The fourth-order valence-corrected chi connectivity index (χ4v) is 3.08. The highest BCUT2D eigenvalue weighted by molar-refractivity contribution is 5.96. The molecule has 7 nitrogen and oxygen atoms in total. The lowest BCUT2D eigenvalue weighted by molar-refractivity contribution is 0.0949. The Bertz CT molecular complexity index is 1070. The van der Waals surface area contributed by atoms with Gasteiger partial charge < -0.3 is 16.4 Å². The maximum absolute atomic E-state index is 12.1. The molecule has 1 fully saturated rings. The van der Waals surface area contributed by atoms with Crippen molar-refractivity contribution in [1.82, 2.24) is 15.3 Å². The molecule has 4 N–H and O–H groups in total. The minimum Gasteiger partial charge on any atom is -0.366 e. The van der Waals surface area contributed by atoms with Crippen LogP contribution in [0.2, 0.25) is 0 Å². The first-order valence-corrected chi connectivity index (χ1v) is 9.42. The maximum atomic E-state index is 12.1. The minimum atomic E-state index is -0.470. The molecular weight excluding hydrogens is 366 g/mol. The summed E-state index contributed by atoms with van der Waals surface area (Å²) in [5, 5.41) is 6.11. The van der Waals surface area contributed by atoms with Crippen molar-refractivity contribution in [1.29, 1.82) is 0 Å². The van der Waals surface area contributed by atoms with E-state index in [2.05, 4.69) is 20.6 Å². The van der Waals surface area contributed by atoms with Gasteiger partial charge in [-0.05, 0) is 61.7 Å². The van der Waals surface area contributed by atoms with Gasteiger partial charge in [-0.25, -0.2) is 9.97 Å². The van der Waals surface area contributed by atoms with Crippen LogP contribution in [0.4, 0.5) is 11.6 Å². The molecule has 1 aromatic heterocycles. The van der Waals surface area contributed by atoms with Gasteiger partial charge in [-0.2, -0.15) is 0 Å². The Balaban J connectivity index is 1.53. The van der Waals surface area contributed by atoms with E-state index in [1.165, 1.54) is 0 Å². The van der Waals surface area contributed by atoms with Gasteiger partial charge in [0.05, 0.1) is 5.69 Å². The SMILES string of the molecule is Cc1c(C(N)=O)cccc1-c1ccnc(Nc2ccc(C(=O)NC3CC3)cc2)n1. The lowest BCUT2D eigenvalue weighted by atomic mass is 9.99. The summed E-state index contributed by atoms with van der Waals surface area (Å²) in [5.41, 5.74) is 9.58. The van der Waals surface area contributed by atoms with E-state index in [0.717, 1.165) is 29.7 Å². The molecule has 0 atom stereocenters. The number of aromatic nitrogens is 2. The third-order valence-electron chi connectivity index (χ3n) is 4.85. The Morgan fingerprint density at radius 2 is 1.83 bits per heavy atom. The zero-order valence-corrected chi connectivity index (χ0v) is 16.0. The molecule has 1 aliphatic carbocycles. The summed E-state index contributed by atoms with van der Waals surface area (Å²) in [6, 6.07) is 14.6. The van der Waals surface area contributed by atoms with Crippen LogP contribution in [-0.2, 0) is 0 Å². The van der Waals surface area contributed by atoms with Crippen molar-refractivity contribution in [3.8, 4) is 11.3 Å². The number of nitrogens with one attached hydrogen (secondary N) is 2. The number of carbonyl (C=O) groups excluding carboxylic acids is 2. The summed E-state index contributed by atoms with van der Waals surface area (Å²) in [5.74, 6) is -0.105. The van der Waals surface area contributed by atoms with Crippen LogP contribution in [0.15, 0.2) is 54.7 Å². The molecule has 3 aromatic rings. The highest BCUT2D eigenvalue weighted by Gasteiger charge is 2.23. The van der Waals surface area contributed by atoms with Crippen molar-refractivity contribution in [2.75, 3.05) is 5.32 Å². The summed E-state index contributed by atoms with van der Waals surface area (Å²) >= 11 is 0. The Morgan fingerprint density at radius 1 is 1.07 bits per heavy atom. The Kier molecular flexibility index (Phi) is 4.95. The van der Waals surface area contributed by atoms with E-state index in [1.54, 1.807) is 36.5 Å². The number of amides is 2. The van der Waals surface area contributed by atoms with Crippen LogP contribution < -0.4 is 16.4 Å². The van der Waals surface area contributed by atoms with Crippen molar-refractivity contribution >= 4 is 23.5 Å². The van der Waals surface area contributed by atoms with E-state index in [-0.39, 0.29) is 5.91 Å². The molecule has 146 valence electrons. The van der Waals surface area contributed by atoms with Crippen LogP contribution in [0.1, 0.15) is 39.1 Å². The van der Waals surface area contributed by atoms with Gasteiger partial charge in [0, 0.05) is 34.6 Å². The Labute approximate surface area is 168 Å². The van der Waals surface area contributed by atoms with Crippen molar-refractivity contribution < 1.29 is 9.59 Å². The van der Waals surface area contributed by atoms with Gasteiger partial charge in [0.25, 0.3) is 5.91 Å². The van der Waals surface area contributed by atoms with E-state index < -0.39 is 5.91 Å². The second kappa shape index (κ2) is 7.71. The van der Waals surface area contributed by atoms with Gasteiger partial charge in [-0.1, -0.05) is 12.1 Å². The molecule has 2 amide bonds. The van der Waals surface area contributed by atoms with Crippen LogP contribution >= 0.6 is 0 Å². The van der Waals surface area contributed by atoms with Gasteiger partial charge in [-0.3, -0.25) is 9.59 Å². The molecule has 0 saturated heterocycles. The second-order valence-corrected chi connectivity index (χ2v) is 7.06. The number of carbonyl (C=O) groups is 2. The first kappa shape index (κ1) is 18.6. The minimum absolute atomic E-state index is 0.0536. The van der Waals surface area contributed by atoms with E-state index >= 15 is 0 Å². The predicted molar refractivity (Wildman–Crippen MR) is 111 cm³/mol. The third kappa shape index (κ3) is 4.24. The van der Waals surface area contributed by atoms with Crippen LogP contribution in [0.3, 0.4) is 0 Å². The number of hydrogen-bond donors (Lipinski definition) is 3. The normalized spacial score (nSPS) is 13.0. The largest absolute Gasteiger partial charge is 0.366 e. The molecule has 29 heavy (non-hydrogen) atoms. The fourth-order valence-electron chi connectivity index (χ4n) is 3.08. The molecule has 2 aromatic carbocycles. The van der Waals surface area contributed by atoms with E-state index in [4.69, 9.17) is 5.73 Å². The highest BCUT2D eigenvalue weighted by Crippen LogP contribution is 2.25. The Hall–Kier alpha value is -3.74. The number of hydrogen-bond acceptors (Lipinski definition) is 5. The van der Waals surface area contributed by atoms with Crippen LogP contribution in [0.5, 0.6) is 0 Å². The average molecular weight is 387 g/mol. The molecule has 0 radical (unpaired) electrons. The standard InChI is InChI=1S/C22H21N5O2/c1-13-17(3-2-4-18(13)20(23)28)19-11-12-24-22(27-19)26-16-7-5-14(6-8-16)21(29)25-15-9-10-15/h2-8,11-12,15H,9-10H2,1H3,(H2,23,28)(H,25,29)(H,24,26,27). The molecule has 0 aliphatic heterocycles. The number of anilines is 2. The van der Waals surface area contributed by atoms with Gasteiger partial charge in [0.15, 0.2) is 0 Å². The molecule has 4 rings (SSSR count). The van der Waals surface area contributed by atoms with Gasteiger partial charge in [0.1, 0.15) is 0 Å². The first-order valence-electron chi connectivity index (χ1n) is 9.42. The van der Waals surface area contributed by atoms with Crippen molar-refractivity contribution in [3.05, 3.63) is 71.4 Å². The van der Waals surface area contributed by atoms with Crippen molar-refractivity contribution in [2.45, 2.75) is 25.8 Å². The first-order chi connectivity index (χ1) is 14.0. The zero-order chi connectivity index (χ0) is 20.4. The third-order valence-corrected chi connectivity index (χ3v) is 4.85.